The molecule has 4 nitrogen and oxygen atoms in total. The minimum absolute atomic E-state index is 0.128. The third kappa shape index (κ3) is 17.4. The highest BCUT2D eigenvalue weighted by atomic mass is 16.4. The molecule has 0 unspecified atom stereocenters. The second-order valence-corrected chi connectivity index (χ2v) is 6.57. The van der Waals surface area contributed by atoms with Crippen LogP contribution in [0.15, 0.2) is 0 Å². The van der Waals surface area contributed by atoms with Gasteiger partial charge in [-0.3, -0.25) is 4.79 Å². The normalized spacial score (nSPS) is 14.0. The molecular weight excluding hydrogens is 280 g/mol. The standard InChI is InChI=1S/C18H36O4/c1-16(19)13-11-9-7-5-3-2-4-6-8-10-12-14-17(20)15-18(21)22/h16-17,19-20H,2-15H2,1H3,(H,21,22)/t16-,17-/m1/s1. The largest absolute Gasteiger partial charge is 0.481 e. The molecule has 0 spiro atoms. The molecule has 0 heterocycles. The van der Waals surface area contributed by atoms with E-state index in [-0.39, 0.29) is 12.5 Å². The zero-order valence-corrected chi connectivity index (χ0v) is 14.3. The van der Waals surface area contributed by atoms with Crippen LogP contribution in [0.2, 0.25) is 0 Å². The van der Waals surface area contributed by atoms with Crippen molar-refractivity contribution in [3.63, 3.8) is 0 Å². The number of aliphatic hydroxyl groups is 2. The molecular formula is C18H36O4. The van der Waals surface area contributed by atoms with E-state index in [1.807, 2.05) is 6.92 Å². The third-order valence-corrected chi connectivity index (χ3v) is 4.07. The summed E-state index contributed by atoms with van der Waals surface area (Å²) < 4.78 is 0. The Kier molecular flexibility index (Phi) is 14.9. The van der Waals surface area contributed by atoms with Gasteiger partial charge in [-0.15, -0.1) is 0 Å². The van der Waals surface area contributed by atoms with Crippen molar-refractivity contribution in [2.24, 2.45) is 0 Å². The number of rotatable bonds is 16. The van der Waals surface area contributed by atoms with Crippen molar-refractivity contribution in [2.45, 2.75) is 109 Å². The summed E-state index contributed by atoms with van der Waals surface area (Å²) in [5.74, 6) is -0.918. The molecule has 0 saturated heterocycles. The molecule has 0 aromatic rings. The summed E-state index contributed by atoms with van der Waals surface area (Å²) in [6, 6.07) is 0. The molecule has 0 amide bonds. The van der Waals surface area contributed by atoms with Crippen molar-refractivity contribution in [3.8, 4) is 0 Å². The molecule has 0 fully saturated rings. The number of carbonyl (C=O) groups is 1. The fraction of sp³-hybridized carbons (Fsp3) is 0.944. The summed E-state index contributed by atoms with van der Waals surface area (Å²) in [5, 5.41) is 27.1. The summed E-state index contributed by atoms with van der Waals surface area (Å²) in [6.07, 6.45) is 13.9. The quantitative estimate of drug-likeness (QED) is 0.371. The maximum absolute atomic E-state index is 10.4. The summed E-state index contributed by atoms with van der Waals surface area (Å²) in [6.45, 7) is 1.85. The van der Waals surface area contributed by atoms with Crippen molar-refractivity contribution in [3.05, 3.63) is 0 Å². The van der Waals surface area contributed by atoms with Gasteiger partial charge in [0.15, 0.2) is 0 Å². The maximum Gasteiger partial charge on any atom is 0.305 e. The predicted octanol–water partition coefficient (Wildman–Crippen LogP) is 4.27. The van der Waals surface area contributed by atoms with Crippen LogP contribution >= 0.6 is 0 Å². The highest BCUT2D eigenvalue weighted by Gasteiger charge is 2.08. The molecule has 0 aliphatic rings. The molecule has 0 saturated carbocycles. The van der Waals surface area contributed by atoms with E-state index in [0.29, 0.717) is 6.42 Å². The van der Waals surface area contributed by atoms with Crippen LogP contribution in [0.25, 0.3) is 0 Å². The molecule has 0 radical (unpaired) electrons. The van der Waals surface area contributed by atoms with Gasteiger partial charge in [-0.25, -0.2) is 0 Å². The van der Waals surface area contributed by atoms with Crippen LogP contribution < -0.4 is 0 Å². The van der Waals surface area contributed by atoms with E-state index >= 15 is 0 Å². The van der Waals surface area contributed by atoms with Gasteiger partial charge in [0.25, 0.3) is 0 Å². The molecule has 0 bridgehead atoms. The Hall–Kier alpha value is -0.610. The Morgan fingerprint density at radius 2 is 1.09 bits per heavy atom. The van der Waals surface area contributed by atoms with Gasteiger partial charge in [0, 0.05) is 0 Å². The van der Waals surface area contributed by atoms with Gasteiger partial charge < -0.3 is 15.3 Å². The van der Waals surface area contributed by atoms with Crippen LogP contribution in [0.3, 0.4) is 0 Å². The first-order valence-electron chi connectivity index (χ1n) is 9.10. The Bertz CT molecular complexity index is 253. The molecule has 4 heteroatoms. The van der Waals surface area contributed by atoms with E-state index in [0.717, 1.165) is 25.7 Å². The van der Waals surface area contributed by atoms with E-state index in [2.05, 4.69) is 0 Å². The Morgan fingerprint density at radius 3 is 1.45 bits per heavy atom. The summed E-state index contributed by atoms with van der Waals surface area (Å²) in [5.41, 5.74) is 0. The second-order valence-electron chi connectivity index (χ2n) is 6.57. The number of aliphatic carboxylic acids is 1. The zero-order valence-electron chi connectivity index (χ0n) is 14.3. The number of hydrogen-bond acceptors (Lipinski definition) is 3. The molecule has 132 valence electrons. The number of aliphatic hydroxyl groups excluding tert-OH is 2. The summed E-state index contributed by atoms with van der Waals surface area (Å²) in [4.78, 5) is 10.4. The van der Waals surface area contributed by atoms with Gasteiger partial charge in [-0.05, 0) is 19.8 Å². The van der Waals surface area contributed by atoms with Crippen molar-refractivity contribution in [1.29, 1.82) is 0 Å². The van der Waals surface area contributed by atoms with E-state index in [1.165, 1.54) is 51.4 Å². The number of carboxylic acid groups (broad SMARTS) is 1. The number of carboxylic acids is 1. The van der Waals surface area contributed by atoms with Crippen molar-refractivity contribution in [2.75, 3.05) is 0 Å². The van der Waals surface area contributed by atoms with Crippen LogP contribution in [0.5, 0.6) is 0 Å². The lowest BCUT2D eigenvalue weighted by Crippen LogP contribution is -2.12. The van der Waals surface area contributed by atoms with Gasteiger partial charge in [0.1, 0.15) is 0 Å². The second kappa shape index (κ2) is 15.3. The van der Waals surface area contributed by atoms with Gasteiger partial charge in [-0.2, -0.15) is 0 Å². The lowest BCUT2D eigenvalue weighted by atomic mass is 10.0. The molecule has 2 atom stereocenters. The predicted molar refractivity (Wildman–Crippen MR) is 90.0 cm³/mol. The molecule has 0 aromatic carbocycles. The van der Waals surface area contributed by atoms with Gasteiger partial charge in [0.2, 0.25) is 0 Å². The monoisotopic (exact) mass is 316 g/mol. The molecule has 0 rings (SSSR count). The molecule has 0 aliphatic carbocycles. The third-order valence-electron chi connectivity index (χ3n) is 4.07. The molecule has 0 aliphatic heterocycles. The van der Waals surface area contributed by atoms with Crippen LogP contribution in [-0.4, -0.2) is 33.5 Å². The minimum atomic E-state index is -0.918. The summed E-state index contributed by atoms with van der Waals surface area (Å²) >= 11 is 0. The van der Waals surface area contributed by atoms with Gasteiger partial charge >= 0.3 is 5.97 Å². The lowest BCUT2D eigenvalue weighted by Gasteiger charge is -2.07. The Labute approximate surface area is 135 Å². The molecule has 3 N–H and O–H groups in total. The average molecular weight is 316 g/mol. The van der Waals surface area contributed by atoms with Crippen LogP contribution in [0, 0.1) is 0 Å². The number of hydrogen-bond donors (Lipinski definition) is 3. The maximum atomic E-state index is 10.4. The lowest BCUT2D eigenvalue weighted by molar-refractivity contribution is -0.139. The van der Waals surface area contributed by atoms with Gasteiger partial charge in [0.05, 0.1) is 18.6 Å². The smallest absolute Gasteiger partial charge is 0.305 e. The fourth-order valence-corrected chi connectivity index (χ4v) is 2.71. The average Bonchev–Trinajstić information content (AvgIpc) is 2.42. The molecule has 22 heavy (non-hydrogen) atoms. The van der Waals surface area contributed by atoms with Crippen LogP contribution in [-0.2, 0) is 4.79 Å². The highest BCUT2D eigenvalue weighted by molar-refractivity contribution is 5.67. The van der Waals surface area contributed by atoms with Crippen LogP contribution in [0.4, 0.5) is 0 Å². The number of unbranched alkanes of at least 4 members (excludes halogenated alkanes) is 10. The van der Waals surface area contributed by atoms with E-state index in [9.17, 15) is 9.90 Å². The first-order valence-corrected chi connectivity index (χ1v) is 9.10. The molecule has 0 aromatic heterocycles. The minimum Gasteiger partial charge on any atom is -0.481 e. The van der Waals surface area contributed by atoms with Gasteiger partial charge in [-0.1, -0.05) is 70.6 Å². The van der Waals surface area contributed by atoms with Crippen LogP contribution in [0.1, 0.15) is 96.8 Å². The van der Waals surface area contributed by atoms with E-state index < -0.39 is 12.1 Å². The zero-order chi connectivity index (χ0) is 16.6. The SMILES string of the molecule is C[C@@H](O)CCCCCCCCCCCCC[C@@H](O)CC(=O)O. The van der Waals surface area contributed by atoms with Crippen molar-refractivity contribution < 1.29 is 20.1 Å². The Morgan fingerprint density at radius 1 is 0.727 bits per heavy atom. The Balaban J connectivity index is 3.10. The van der Waals surface area contributed by atoms with E-state index in [1.54, 1.807) is 0 Å². The van der Waals surface area contributed by atoms with E-state index in [4.69, 9.17) is 10.2 Å². The van der Waals surface area contributed by atoms with Crippen molar-refractivity contribution in [1.82, 2.24) is 0 Å². The topological polar surface area (TPSA) is 77.8 Å². The van der Waals surface area contributed by atoms with Crippen molar-refractivity contribution >= 4 is 5.97 Å². The highest BCUT2D eigenvalue weighted by Crippen LogP contribution is 2.13. The first kappa shape index (κ1) is 21.4. The fourth-order valence-electron chi connectivity index (χ4n) is 2.71. The summed E-state index contributed by atoms with van der Waals surface area (Å²) in [7, 11) is 0. The first-order chi connectivity index (χ1) is 10.5.